The first-order chi connectivity index (χ1) is 12.5. The third-order valence-corrected chi connectivity index (χ3v) is 5.81. The van der Waals surface area contributed by atoms with Crippen molar-refractivity contribution in [2.75, 3.05) is 11.4 Å². The quantitative estimate of drug-likeness (QED) is 0.688. The fourth-order valence-electron chi connectivity index (χ4n) is 3.53. The Kier molecular flexibility index (Phi) is 4.57. The van der Waals surface area contributed by atoms with Gasteiger partial charge in [0.05, 0.1) is 5.69 Å². The minimum absolute atomic E-state index is 0.00997. The minimum atomic E-state index is -0.338. The van der Waals surface area contributed by atoms with Crippen molar-refractivity contribution in [3.05, 3.63) is 63.1 Å². The van der Waals surface area contributed by atoms with E-state index in [1.54, 1.807) is 4.90 Å². The number of hydrogen-bond acceptors (Lipinski definition) is 3. The van der Waals surface area contributed by atoms with Crippen LogP contribution < -0.4 is 4.90 Å². The summed E-state index contributed by atoms with van der Waals surface area (Å²) in [5, 5.41) is 0. The minimum Gasteiger partial charge on any atom is -0.461 e. The van der Waals surface area contributed by atoms with Crippen LogP contribution in [0.1, 0.15) is 52.7 Å². The van der Waals surface area contributed by atoms with Gasteiger partial charge in [-0.05, 0) is 54.5 Å². The van der Waals surface area contributed by atoms with E-state index in [-0.39, 0.29) is 18.5 Å². The average molecular weight is 414 g/mol. The SMILES string of the molecule is CC(=O)OCc1c(Br)cccc1N1CCc2cc(C3CC3)ccc2C1=O. The molecule has 0 unspecified atom stereocenters. The number of nitrogens with zero attached hydrogens (tertiary/aromatic N) is 1. The topological polar surface area (TPSA) is 46.6 Å². The van der Waals surface area contributed by atoms with Gasteiger partial charge in [0.2, 0.25) is 0 Å². The zero-order valence-electron chi connectivity index (χ0n) is 14.6. The number of carbonyl (C=O) groups excluding carboxylic acids is 2. The fraction of sp³-hybridized carbons (Fsp3) is 0.333. The predicted octanol–water partition coefficient (Wildman–Crippen LogP) is 4.59. The van der Waals surface area contributed by atoms with Gasteiger partial charge in [0.15, 0.2) is 0 Å². The van der Waals surface area contributed by atoms with Crippen molar-refractivity contribution in [2.24, 2.45) is 0 Å². The molecule has 0 N–H and O–H groups in total. The summed E-state index contributed by atoms with van der Waals surface area (Å²) in [6.07, 6.45) is 3.36. The maximum absolute atomic E-state index is 13.1. The second kappa shape index (κ2) is 6.88. The van der Waals surface area contributed by atoms with E-state index in [1.165, 1.54) is 25.3 Å². The van der Waals surface area contributed by atoms with Gasteiger partial charge in [-0.1, -0.05) is 34.1 Å². The molecular weight excluding hydrogens is 394 g/mol. The van der Waals surface area contributed by atoms with Gasteiger partial charge in [0, 0.05) is 29.1 Å². The molecule has 1 heterocycles. The lowest BCUT2D eigenvalue weighted by Gasteiger charge is -2.31. The standard InChI is InChI=1S/C21H20BrNO3/c1-13(24)26-12-18-19(22)3-2-4-20(18)23-10-9-16-11-15(14-5-6-14)7-8-17(16)21(23)25/h2-4,7-8,11,14H,5-6,9-10,12H2,1H3. The first kappa shape index (κ1) is 17.3. The molecule has 134 valence electrons. The molecule has 0 bridgehead atoms. The van der Waals surface area contributed by atoms with Gasteiger partial charge in [-0.2, -0.15) is 0 Å². The molecule has 5 heteroatoms. The Morgan fingerprint density at radius 2 is 2.08 bits per heavy atom. The maximum Gasteiger partial charge on any atom is 0.302 e. The third kappa shape index (κ3) is 3.28. The molecule has 1 aliphatic heterocycles. The third-order valence-electron chi connectivity index (χ3n) is 5.06. The fourth-order valence-corrected chi connectivity index (χ4v) is 4.00. The van der Waals surface area contributed by atoms with Crippen LogP contribution in [0, 0.1) is 0 Å². The monoisotopic (exact) mass is 413 g/mol. The molecule has 1 aliphatic carbocycles. The van der Waals surface area contributed by atoms with Crippen LogP contribution in [0.25, 0.3) is 0 Å². The number of amides is 1. The van der Waals surface area contributed by atoms with Gasteiger partial charge >= 0.3 is 5.97 Å². The molecule has 0 atom stereocenters. The van der Waals surface area contributed by atoms with Crippen LogP contribution in [0.2, 0.25) is 0 Å². The van der Waals surface area contributed by atoms with E-state index in [0.29, 0.717) is 12.5 Å². The lowest BCUT2D eigenvalue weighted by molar-refractivity contribution is -0.142. The highest BCUT2D eigenvalue weighted by Gasteiger charge is 2.30. The molecule has 0 spiro atoms. The number of ether oxygens (including phenoxy) is 1. The van der Waals surface area contributed by atoms with Gasteiger partial charge in [-0.15, -0.1) is 0 Å². The first-order valence-corrected chi connectivity index (χ1v) is 9.69. The lowest BCUT2D eigenvalue weighted by Crippen LogP contribution is -2.38. The van der Waals surface area contributed by atoms with Crippen LogP contribution in [0.3, 0.4) is 0 Å². The van der Waals surface area contributed by atoms with Crippen LogP contribution in [0.15, 0.2) is 40.9 Å². The van der Waals surface area contributed by atoms with E-state index in [4.69, 9.17) is 4.74 Å². The molecule has 0 radical (unpaired) electrons. The summed E-state index contributed by atoms with van der Waals surface area (Å²) in [6.45, 7) is 2.16. The normalized spacial score (nSPS) is 16.4. The Hall–Kier alpha value is -2.14. The van der Waals surface area contributed by atoms with Crippen molar-refractivity contribution in [2.45, 2.75) is 38.7 Å². The molecule has 2 aliphatic rings. The van der Waals surface area contributed by atoms with Crippen LogP contribution in [-0.2, 0) is 22.6 Å². The van der Waals surface area contributed by atoms with Gasteiger partial charge < -0.3 is 9.64 Å². The van der Waals surface area contributed by atoms with E-state index in [2.05, 4.69) is 28.1 Å². The largest absolute Gasteiger partial charge is 0.461 e. The van der Waals surface area contributed by atoms with Crippen molar-refractivity contribution in [1.29, 1.82) is 0 Å². The van der Waals surface area contributed by atoms with E-state index in [1.807, 2.05) is 24.3 Å². The molecule has 4 rings (SSSR count). The number of hydrogen-bond donors (Lipinski definition) is 0. The second-order valence-corrected chi connectivity index (χ2v) is 7.77. The van der Waals surface area contributed by atoms with Gasteiger partial charge in [-0.3, -0.25) is 9.59 Å². The number of benzene rings is 2. The molecular formula is C21H20BrNO3. The number of fused-ring (bicyclic) bond motifs is 1. The summed E-state index contributed by atoms with van der Waals surface area (Å²) in [5.74, 6) is 0.360. The van der Waals surface area contributed by atoms with Crippen molar-refractivity contribution in [1.82, 2.24) is 0 Å². The summed E-state index contributed by atoms with van der Waals surface area (Å²) >= 11 is 3.52. The molecule has 2 aromatic carbocycles. The van der Waals surface area contributed by atoms with Gasteiger partial charge in [0.1, 0.15) is 6.61 Å². The maximum atomic E-state index is 13.1. The average Bonchev–Trinajstić information content (AvgIpc) is 3.46. The number of anilines is 1. The van der Waals surface area contributed by atoms with Crippen LogP contribution >= 0.6 is 15.9 Å². The first-order valence-electron chi connectivity index (χ1n) is 8.90. The molecule has 1 amide bonds. The molecule has 26 heavy (non-hydrogen) atoms. The van der Waals surface area contributed by atoms with Crippen LogP contribution in [0.4, 0.5) is 5.69 Å². The highest BCUT2D eigenvalue weighted by molar-refractivity contribution is 9.10. The van der Waals surface area contributed by atoms with E-state index < -0.39 is 0 Å². The zero-order chi connectivity index (χ0) is 18.3. The Morgan fingerprint density at radius 3 is 2.81 bits per heavy atom. The molecule has 1 saturated carbocycles. The summed E-state index contributed by atoms with van der Waals surface area (Å²) in [7, 11) is 0. The summed E-state index contributed by atoms with van der Waals surface area (Å²) in [4.78, 5) is 26.1. The van der Waals surface area contributed by atoms with Crippen molar-refractivity contribution in [3.63, 3.8) is 0 Å². The smallest absolute Gasteiger partial charge is 0.302 e. The Morgan fingerprint density at radius 1 is 1.27 bits per heavy atom. The second-order valence-electron chi connectivity index (χ2n) is 6.92. The Bertz CT molecular complexity index is 889. The molecule has 0 aromatic heterocycles. The van der Waals surface area contributed by atoms with E-state index >= 15 is 0 Å². The van der Waals surface area contributed by atoms with Crippen molar-refractivity contribution < 1.29 is 14.3 Å². The highest BCUT2D eigenvalue weighted by Crippen LogP contribution is 2.41. The van der Waals surface area contributed by atoms with E-state index in [0.717, 1.165) is 33.3 Å². The van der Waals surface area contributed by atoms with Gasteiger partial charge in [0.25, 0.3) is 5.91 Å². The van der Waals surface area contributed by atoms with Crippen molar-refractivity contribution >= 4 is 33.5 Å². The molecule has 2 aromatic rings. The van der Waals surface area contributed by atoms with Gasteiger partial charge in [-0.25, -0.2) is 0 Å². The molecule has 1 fully saturated rings. The van der Waals surface area contributed by atoms with Crippen LogP contribution in [-0.4, -0.2) is 18.4 Å². The lowest BCUT2D eigenvalue weighted by atomic mass is 9.94. The van der Waals surface area contributed by atoms with Crippen LogP contribution in [0.5, 0.6) is 0 Å². The number of esters is 1. The van der Waals surface area contributed by atoms with Crippen molar-refractivity contribution in [3.8, 4) is 0 Å². The summed E-state index contributed by atoms with van der Waals surface area (Å²) in [5.41, 5.74) is 4.89. The molecule has 0 saturated heterocycles. The molecule has 4 nitrogen and oxygen atoms in total. The number of carbonyl (C=O) groups is 2. The number of rotatable bonds is 4. The zero-order valence-corrected chi connectivity index (χ0v) is 16.2. The Labute approximate surface area is 161 Å². The highest BCUT2D eigenvalue weighted by atomic mass is 79.9. The summed E-state index contributed by atoms with van der Waals surface area (Å²) < 4.78 is 6.02. The summed E-state index contributed by atoms with van der Waals surface area (Å²) in [6, 6.07) is 12.0. The van der Waals surface area contributed by atoms with E-state index in [9.17, 15) is 9.59 Å². The Balaban J connectivity index is 1.66. The number of halogens is 1. The predicted molar refractivity (Wildman–Crippen MR) is 103 cm³/mol.